The van der Waals surface area contributed by atoms with Crippen molar-refractivity contribution in [2.24, 2.45) is 0 Å². The molecule has 0 radical (unpaired) electrons. The topological polar surface area (TPSA) is 34.1 Å². The second kappa shape index (κ2) is 3.85. The van der Waals surface area contributed by atoms with Crippen molar-refractivity contribution in [3.8, 4) is 0 Å². The van der Waals surface area contributed by atoms with Gasteiger partial charge in [-0.05, 0) is 34.7 Å². The zero-order valence-corrected chi connectivity index (χ0v) is 11.1. The summed E-state index contributed by atoms with van der Waals surface area (Å²) in [6.07, 6.45) is 0. The molecule has 104 valence electrons. The summed E-state index contributed by atoms with van der Waals surface area (Å²) in [5, 5.41) is 1.94. The minimum Gasteiger partial charge on any atom is -0.214 e. The summed E-state index contributed by atoms with van der Waals surface area (Å²) in [6.45, 7) is 1.75. The van der Waals surface area contributed by atoms with Crippen LogP contribution in [0.4, 0.5) is 13.2 Å². The fourth-order valence-corrected chi connectivity index (χ4v) is 3.51. The molecule has 0 heterocycles. The summed E-state index contributed by atoms with van der Waals surface area (Å²) < 4.78 is 61.8. The quantitative estimate of drug-likeness (QED) is 0.679. The third-order valence-corrected chi connectivity index (χ3v) is 4.96. The maximum atomic E-state index is 12.8. The molecule has 0 unspecified atom stereocenters. The van der Waals surface area contributed by atoms with Crippen LogP contribution in [-0.4, -0.2) is 13.9 Å². The molecule has 4 rings (SSSR count). The zero-order chi connectivity index (χ0) is 14.7. The predicted octanol–water partition coefficient (Wildman–Crippen LogP) is 4.03. The molecule has 4 aromatic carbocycles. The highest BCUT2D eigenvalue weighted by Gasteiger charge is 2.47. The van der Waals surface area contributed by atoms with Crippen LogP contribution in [0.3, 0.4) is 0 Å². The van der Waals surface area contributed by atoms with E-state index in [-0.39, 0.29) is 5.39 Å². The van der Waals surface area contributed by atoms with Crippen molar-refractivity contribution in [2.75, 3.05) is 0 Å². The molecule has 0 aliphatic rings. The van der Waals surface area contributed by atoms with Crippen LogP contribution in [0.2, 0.25) is 0 Å². The lowest BCUT2D eigenvalue weighted by atomic mass is 9.95. The van der Waals surface area contributed by atoms with E-state index in [0.29, 0.717) is 10.8 Å². The first kappa shape index (κ1) is 13.2. The maximum absolute atomic E-state index is 12.8. The number of hydrogen-bond acceptors (Lipinski definition) is 2. The Morgan fingerprint density at radius 3 is 2.30 bits per heavy atom. The second-order valence-corrected chi connectivity index (χ2v) is 6.57. The molecule has 0 aromatic heterocycles. The molecule has 0 atom stereocenters. The molecular weight excluding hydrogens is 289 g/mol. The minimum atomic E-state index is -5.36. The molecule has 20 heavy (non-hydrogen) atoms. The normalized spacial score (nSPS) is 13.4. The molecule has 0 N–H and O–H groups in total. The van der Waals surface area contributed by atoms with Crippen LogP contribution < -0.4 is 0 Å². The molecule has 0 saturated carbocycles. The first-order chi connectivity index (χ1) is 9.23. The zero-order valence-electron chi connectivity index (χ0n) is 10.3. The molecule has 0 aliphatic heterocycles. The van der Waals surface area contributed by atoms with Gasteiger partial charge in [-0.2, -0.15) is 13.2 Å². The fraction of sp³-hybridized carbons (Fsp3) is 0.143. The van der Waals surface area contributed by atoms with Gasteiger partial charge in [-0.15, -0.1) is 0 Å². The Hall–Kier alpha value is -1.82. The summed E-state index contributed by atoms with van der Waals surface area (Å²) in [7, 11) is -5.36. The van der Waals surface area contributed by atoms with Crippen molar-refractivity contribution in [2.45, 2.75) is 17.3 Å². The van der Waals surface area contributed by atoms with Crippen LogP contribution in [0.5, 0.6) is 0 Å². The van der Waals surface area contributed by atoms with Crippen molar-refractivity contribution >= 4 is 31.4 Å². The van der Waals surface area contributed by atoms with Crippen LogP contribution >= 0.6 is 0 Å². The van der Waals surface area contributed by atoms with Crippen LogP contribution in [0.25, 0.3) is 21.5 Å². The van der Waals surface area contributed by atoms with Gasteiger partial charge in [-0.25, -0.2) is 8.42 Å². The molecule has 6 heteroatoms. The van der Waals surface area contributed by atoms with E-state index in [0.717, 1.165) is 17.0 Å². The van der Waals surface area contributed by atoms with Crippen molar-refractivity contribution in [1.29, 1.82) is 0 Å². The second-order valence-electron chi connectivity index (χ2n) is 4.66. The smallest absolute Gasteiger partial charge is 0.214 e. The third kappa shape index (κ3) is 1.61. The maximum Gasteiger partial charge on any atom is 0.501 e. The highest BCUT2D eigenvalue weighted by molar-refractivity contribution is 7.92. The molecule has 0 fully saturated rings. The highest BCUT2D eigenvalue weighted by Crippen LogP contribution is 2.39. The van der Waals surface area contributed by atoms with Crippen LogP contribution in [0.15, 0.2) is 41.3 Å². The van der Waals surface area contributed by atoms with Gasteiger partial charge in [0.05, 0.1) is 4.90 Å². The Bertz CT molecular complexity index is 911. The number of aryl methyl sites for hydroxylation is 1. The van der Waals surface area contributed by atoms with E-state index < -0.39 is 20.2 Å². The number of halogens is 3. The Kier molecular flexibility index (Phi) is 2.54. The van der Waals surface area contributed by atoms with E-state index in [4.69, 9.17) is 0 Å². The van der Waals surface area contributed by atoms with Gasteiger partial charge in [0.1, 0.15) is 0 Å². The van der Waals surface area contributed by atoms with Gasteiger partial charge in [0.2, 0.25) is 0 Å². The van der Waals surface area contributed by atoms with Gasteiger partial charge in [-0.1, -0.05) is 30.3 Å². The molecule has 0 spiro atoms. The lowest BCUT2D eigenvalue weighted by molar-refractivity contribution is -0.0435. The predicted molar refractivity (Wildman–Crippen MR) is 70.6 cm³/mol. The summed E-state index contributed by atoms with van der Waals surface area (Å²) >= 11 is 0. The summed E-state index contributed by atoms with van der Waals surface area (Å²) in [4.78, 5) is -0.674. The van der Waals surface area contributed by atoms with Crippen LogP contribution in [0, 0.1) is 6.92 Å². The van der Waals surface area contributed by atoms with E-state index in [1.807, 2.05) is 6.07 Å². The summed E-state index contributed by atoms with van der Waals surface area (Å²) in [6, 6.07) is 9.24. The Morgan fingerprint density at radius 2 is 1.70 bits per heavy atom. The summed E-state index contributed by atoms with van der Waals surface area (Å²) in [5.41, 5.74) is -4.54. The van der Waals surface area contributed by atoms with Gasteiger partial charge in [0, 0.05) is 5.39 Å². The first-order valence-electron chi connectivity index (χ1n) is 5.79. The Morgan fingerprint density at radius 1 is 1.00 bits per heavy atom. The largest absolute Gasteiger partial charge is 0.501 e. The molecule has 2 nitrogen and oxygen atoms in total. The number of benzene rings is 4. The van der Waals surface area contributed by atoms with E-state index >= 15 is 0 Å². The standard InChI is InChI=1S/C14H9F3O2S/c1-8-7-9-5-6-10(8)13-11(9)3-2-4-12(13)20(18,19)14(15,16)17/h2-7H,1H3. The molecule has 0 amide bonds. The van der Waals surface area contributed by atoms with Crippen molar-refractivity contribution in [1.82, 2.24) is 0 Å². The lowest BCUT2D eigenvalue weighted by Crippen LogP contribution is -2.23. The van der Waals surface area contributed by atoms with E-state index in [1.165, 1.54) is 6.07 Å². The van der Waals surface area contributed by atoms with Crippen molar-refractivity contribution < 1.29 is 21.6 Å². The highest BCUT2D eigenvalue weighted by atomic mass is 32.2. The van der Waals surface area contributed by atoms with Crippen LogP contribution in [-0.2, 0) is 9.84 Å². The van der Waals surface area contributed by atoms with Gasteiger partial charge in [0.25, 0.3) is 9.84 Å². The number of fused-ring (bicyclic) bond motifs is 2. The average molecular weight is 298 g/mol. The Balaban J connectivity index is 2.53. The lowest BCUT2D eigenvalue weighted by Gasteiger charge is -2.15. The molecule has 0 saturated heterocycles. The first-order valence-corrected chi connectivity index (χ1v) is 7.27. The molecule has 0 aliphatic carbocycles. The SMILES string of the molecule is Cc1cc2ccc1c1c(S(=O)(=O)C(F)(F)F)cccc21. The number of rotatable bonds is 1. The fourth-order valence-electron chi connectivity index (χ4n) is 2.51. The number of alkyl halides is 3. The van der Waals surface area contributed by atoms with E-state index in [2.05, 4.69) is 0 Å². The van der Waals surface area contributed by atoms with Crippen LogP contribution in [0.1, 0.15) is 5.56 Å². The molecule has 2 bridgehead atoms. The number of sulfone groups is 1. The van der Waals surface area contributed by atoms with Crippen molar-refractivity contribution in [3.05, 3.63) is 42.0 Å². The third-order valence-electron chi connectivity index (χ3n) is 3.43. The monoisotopic (exact) mass is 298 g/mol. The number of hydrogen-bond donors (Lipinski definition) is 0. The summed E-state index contributed by atoms with van der Waals surface area (Å²) in [5.74, 6) is 0. The van der Waals surface area contributed by atoms with Gasteiger partial charge >= 0.3 is 5.51 Å². The van der Waals surface area contributed by atoms with Crippen molar-refractivity contribution in [3.63, 3.8) is 0 Å². The van der Waals surface area contributed by atoms with Gasteiger partial charge in [0.15, 0.2) is 0 Å². The van der Waals surface area contributed by atoms with E-state index in [9.17, 15) is 21.6 Å². The molecular formula is C14H9F3O2S. The molecule has 4 aromatic rings. The van der Waals surface area contributed by atoms with E-state index in [1.54, 1.807) is 25.1 Å². The van der Waals surface area contributed by atoms with Gasteiger partial charge < -0.3 is 0 Å². The van der Waals surface area contributed by atoms with Gasteiger partial charge in [-0.3, -0.25) is 0 Å². The minimum absolute atomic E-state index is 0.155. The Labute approximate surface area is 113 Å². The average Bonchev–Trinajstić information content (AvgIpc) is 2.37.